The zero-order chi connectivity index (χ0) is 13.7. The molecule has 6 nitrogen and oxygen atoms in total. The van der Waals surface area contributed by atoms with Crippen LogP contribution >= 0.6 is 22.6 Å². The Hall–Kier alpha value is -1.77. The van der Waals surface area contributed by atoms with Crippen molar-refractivity contribution < 1.29 is 9.53 Å². The standard InChI is InChI=1S/C12H11IN4O2/c1-19-12-4-2-3-8(14-12)7-11(18)15-10-6-5-9(13)16-17-10/h2-6H,7H2,1H3,(H,15,17,18). The molecule has 2 heterocycles. The van der Waals surface area contributed by atoms with Gasteiger partial charge in [-0.05, 0) is 40.8 Å². The normalized spacial score (nSPS) is 10.0. The maximum Gasteiger partial charge on any atom is 0.231 e. The number of carbonyl (C=O) groups excluding carboxylic acids is 1. The number of nitrogens with one attached hydrogen (secondary N) is 1. The number of aromatic nitrogens is 3. The summed E-state index contributed by atoms with van der Waals surface area (Å²) in [5.41, 5.74) is 0.635. The molecule has 0 saturated carbocycles. The summed E-state index contributed by atoms with van der Waals surface area (Å²) in [4.78, 5) is 16.0. The lowest BCUT2D eigenvalue weighted by molar-refractivity contribution is -0.115. The first-order valence-electron chi connectivity index (χ1n) is 5.46. The molecule has 0 unspecified atom stereocenters. The third-order valence-electron chi connectivity index (χ3n) is 2.23. The summed E-state index contributed by atoms with van der Waals surface area (Å²) in [5.74, 6) is 0.712. The molecule has 0 aromatic carbocycles. The summed E-state index contributed by atoms with van der Waals surface area (Å²) < 4.78 is 5.77. The number of hydrogen-bond donors (Lipinski definition) is 1. The van der Waals surface area contributed by atoms with Crippen molar-refractivity contribution in [3.63, 3.8) is 0 Å². The van der Waals surface area contributed by atoms with Crippen molar-refractivity contribution in [2.45, 2.75) is 6.42 Å². The molecule has 0 bridgehead atoms. The molecule has 0 spiro atoms. The predicted molar refractivity (Wildman–Crippen MR) is 77.9 cm³/mol. The van der Waals surface area contributed by atoms with Crippen LogP contribution in [0.1, 0.15) is 5.69 Å². The first kappa shape index (κ1) is 13.7. The average molecular weight is 370 g/mol. The van der Waals surface area contributed by atoms with Gasteiger partial charge in [0.25, 0.3) is 0 Å². The number of rotatable bonds is 4. The largest absolute Gasteiger partial charge is 0.481 e. The van der Waals surface area contributed by atoms with E-state index in [0.29, 0.717) is 17.4 Å². The van der Waals surface area contributed by atoms with Crippen LogP contribution in [0.25, 0.3) is 0 Å². The Labute approximate surface area is 123 Å². The van der Waals surface area contributed by atoms with Gasteiger partial charge in [-0.25, -0.2) is 4.98 Å². The Kier molecular flexibility index (Phi) is 4.61. The summed E-state index contributed by atoms with van der Waals surface area (Å²) in [6.07, 6.45) is 0.158. The predicted octanol–water partition coefficient (Wildman–Crippen LogP) is 1.67. The van der Waals surface area contributed by atoms with E-state index in [-0.39, 0.29) is 12.3 Å². The maximum absolute atomic E-state index is 11.8. The zero-order valence-corrected chi connectivity index (χ0v) is 12.3. The minimum Gasteiger partial charge on any atom is -0.481 e. The maximum atomic E-state index is 11.8. The number of anilines is 1. The minimum atomic E-state index is -0.198. The quantitative estimate of drug-likeness (QED) is 0.829. The molecule has 1 N–H and O–H groups in total. The lowest BCUT2D eigenvalue weighted by atomic mass is 10.2. The number of halogens is 1. The van der Waals surface area contributed by atoms with Gasteiger partial charge in [-0.3, -0.25) is 4.79 Å². The lowest BCUT2D eigenvalue weighted by Gasteiger charge is -2.04. The SMILES string of the molecule is COc1cccc(CC(=O)Nc2ccc(I)nn2)n1. The number of nitrogens with zero attached hydrogens (tertiary/aromatic N) is 3. The van der Waals surface area contributed by atoms with Crippen LogP contribution < -0.4 is 10.1 Å². The van der Waals surface area contributed by atoms with Crippen molar-refractivity contribution in [3.8, 4) is 5.88 Å². The van der Waals surface area contributed by atoms with Crippen molar-refractivity contribution in [3.05, 3.63) is 39.7 Å². The molecule has 7 heteroatoms. The van der Waals surface area contributed by atoms with Crippen molar-refractivity contribution in [1.82, 2.24) is 15.2 Å². The van der Waals surface area contributed by atoms with Gasteiger partial charge in [0.05, 0.1) is 19.2 Å². The van der Waals surface area contributed by atoms with E-state index in [0.717, 1.165) is 3.70 Å². The van der Waals surface area contributed by atoms with Gasteiger partial charge in [-0.2, -0.15) is 0 Å². The van der Waals surface area contributed by atoms with Gasteiger partial charge in [0.2, 0.25) is 11.8 Å². The highest BCUT2D eigenvalue weighted by Crippen LogP contribution is 2.08. The fourth-order valence-corrected chi connectivity index (χ4v) is 1.69. The molecule has 0 fully saturated rings. The molecule has 19 heavy (non-hydrogen) atoms. The zero-order valence-electron chi connectivity index (χ0n) is 10.1. The number of amides is 1. The number of methoxy groups -OCH3 is 1. The molecule has 2 aromatic rings. The molecule has 0 aliphatic heterocycles. The highest BCUT2D eigenvalue weighted by atomic mass is 127. The summed E-state index contributed by atoms with van der Waals surface area (Å²) in [6.45, 7) is 0. The van der Waals surface area contributed by atoms with Crippen LogP contribution in [0.5, 0.6) is 5.88 Å². The van der Waals surface area contributed by atoms with Crippen molar-refractivity contribution >= 4 is 34.3 Å². The molecule has 1 amide bonds. The van der Waals surface area contributed by atoms with Crippen LogP contribution in [0.3, 0.4) is 0 Å². The van der Waals surface area contributed by atoms with Crippen LogP contribution in [0.4, 0.5) is 5.82 Å². The summed E-state index contributed by atoms with van der Waals surface area (Å²) in [7, 11) is 1.54. The summed E-state index contributed by atoms with van der Waals surface area (Å²) >= 11 is 2.05. The molecule has 98 valence electrons. The number of hydrogen-bond acceptors (Lipinski definition) is 5. The van der Waals surface area contributed by atoms with Crippen LogP contribution in [0.15, 0.2) is 30.3 Å². The Bertz CT molecular complexity index is 574. The van der Waals surface area contributed by atoms with Gasteiger partial charge in [-0.15, -0.1) is 10.2 Å². The van der Waals surface area contributed by atoms with Gasteiger partial charge >= 0.3 is 0 Å². The van der Waals surface area contributed by atoms with Gasteiger partial charge in [0, 0.05) is 6.07 Å². The van der Waals surface area contributed by atoms with Gasteiger partial charge in [0.1, 0.15) is 3.70 Å². The van der Waals surface area contributed by atoms with Crippen LogP contribution in [-0.4, -0.2) is 28.2 Å². The molecule has 0 aliphatic rings. The van der Waals surface area contributed by atoms with Crippen molar-refractivity contribution in [1.29, 1.82) is 0 Å². The topological polar surface area (TPSA) is 77.0 Å². The van der Waals surface area contributed by atoms with Gasteiger partial charge < -0.3 is 10.1 Å². The Morgan fingerprint density at radius 1 is 1.32 bits per heavy atom. The van der Waals surface area contributed by atoms with E-state index in [1.807, 2.05) is 22.6 Å². The monoisotopic (exact) mass is 370 g/mol. The van der Waals surface area contributed by atoms with Crippen LogP contribution in [-0.2, 0) is 11.2 Å². The van der Waals surface area contributed by atoms with E-state index in [9.17, 15) is 4.79 Å². The second kappa shape index (κ2) is 6.41. The molecule has 0 radical (unpaired) electrons. The van der Waals surface area contributed by atoms with Crippen LogP contribution in [0.2, 0.25) is 0 Å². The first-order chi connectivity index (χ1) is 9.17. The second-order valence-electron chi connectivity index (χ2n) is 3.64. The highest BCUT2D eigenvalue weighted by molar-refractivity contribution is 14.1. The van der Waals surface area contributed by atoms with Crippen LogP contribution in [0, 0.1) is 3.70 Å². The minimum absolute atomic E-state index is 0.158. The number of carbonyl (C=O) groups is 1. The molecule has 0 saturated heterocycles. The molecule has 2 rings (SSSR count). The van der Waals surface area contributed by atoms with E-state index < -0.39 is 0 Å². The van der Waals surface area contributed by atoms with Crippen molar-refractivity contribution in [2.75, 3.05) is 12.4 Å². The molecule has 2 aromatic heterocycles. The second-order valence-corrected chi connectivity index (χ2v) is 4.74. The van der Waals surface area contributed by atoms with Gasteiger partial charge in [-0.1, -0.05) is 6.07 Å². The third-order valence-corrected chi connectivity index (χ3v) is 2.81. The Morgan fingerprint density at radius 2 is 2.16 bits per heavy atom. The smallest absolute Gasteiger partial charge is 0.231 e. The molecule has 0 atom stereocenters. The highest BCUT2D eigenvalue weighted by Gasteiger charge is 2.07. The first-order valence-corrected chi connectivity index (χ1v) is 6.54. The Balaban J connectivity index is 1.99. The third kappa shape index (κ3) is 4.12. The Morgan fingerprint density at radius 3 is 2.84 bits per heavy atom. The number of pyridine rings is 1. The molecular weight excluding hydrogens is 359 g/mol. The molecule has 0 aliphatic carbocycles. The van der Waals surface area contributed by atoms with E-state index in [1.54, 1.807) is 30.3 Å². The van der Waals surface area contributed by atoms with Crippen molar-refractivity contribution in [2.24, 2.45) is 0 Å². The summed E-state index contributed by atoms with van der Waals surface area (Å²) in [5, 5.41) is 10.4. The van der Waals surface area contributed by atoms with Gasteiger partial charge in [0.15, 0.2) is 5.82 Å². The van der Waals surface area contributed by atoms with E-state index >= 15 is 0 Å². The lowest BCUT2D eigenvalue weighted by Crippen LogP contribution is -2.16. The van der Waals surface area contributed by atoms with E-state index in [1.165, 1.54) is 7.11 Å². The van der Waals surface area contributed by atoms with E-state index in [4.69, 9.17) is 4.74 Å². The fourth-order valence-electron chi connectivity index (χ4n) is 1.40. The fraction of sp³-hybridized carbons (Fsp3) is 0.167. The number of ether oxygens (including phenoxy) is 1. The summed E-state index contributed by atoms with van der Waals surface area (Å²) in [6, 6.07) is 8.76. The van der Waals surface area contributed by atoms with E-state index in [2.05, 4.69) is 20.5 Å². The average Bonchev–Trinajstić information content (AvgIpc) is 2.41. The molecular formula is C12H11IN4O2.